The largest absolute Gasteiger partial charge is 0.378 e. The maximum absolute atomic E-state index is 12.7. The summed E-state index contributed by atoms with van der Waals surface area (Å²) in [5, 5.41) is 2.99. The highest BCUT2D eigenvalue weighted by Crippen LogP contribution is 2.22. The first kappa shape index (κ1) is 20.3. The second-order valence-corrected chi connectivity index (χ2v) is 8.35. The van der Waals surface area contributed by atoms with Crippen LogP contribution in [0.3, 0.4) is 0 Å². The van der Waals surface area contributed by atoms with E-state index >= 15 is 0 Å². The normalized spacial score (nSPS) is 20.6. The molecule has 1 aromatic carbocycles. The van der Waals surface area contributed by atoms with Gasteiger partial charge in [-0.3, -0.25) is 9.59 Å². The van der Waals surface area contributed by atoms with Crippen LogP contribution in [0.1, 0.15) is 61.7 Å². The van der Waals surface area contributed by atoms with Crippen molar-refractivity contribution in [3.8, 4) is 0 Å². The summed E-state index contributed by atoms with van der Waals surface area (Å²) in [6, 6.07) is 6.93. The van der Waals surface area contributed by atoms with Crippen LogP contribution in [-0.4, -0.2) is 48.6 Å². The van der Waals surface area contributed by atoms with Gasteiger partial charge in [0, 0.05) is 29.7 Å². The van der Waals surface area contributed by atoms with E-state index < -0.39 is 0 Å². The van der Waals surface area contributed by atoms with E-state index in [2.05, 4.69) is 21.2 Å². The number of ether oxygens (including phenoxy) is 1. The lowest BCUT2D eigenvalue weighted by atomic mass is 9.98. The van der Waals surface area contributed by atoms with E-state index in [9.17, 15) is 9.59 Å². The minimum absolute atomic E-state index is 0.0457. The van der Waals surface area contributed by atoms with Gasteiger partial charge in [-0.15, -0.1) is 0 Å². The monoisotopic (exact) mass is 436 g/mol. The molecule has 1 atom stereocenters. The molecule has 1 aromatic rings. The van der Waals surface area contributed by atoms with Gasteiger partial charge in [0.15, 0.2) is 0 Å². The van der Waals surface area contributed by atoms with E-state index in [0.717, 1.165) is 23.7 Å². The summed E-state index contributed by atoms with van der Waals surface area (Å²) in [5.74, 6) is -0.114. The molecular weight excluding hydrogens is 408 g/mol. The highest BCUT2D eigenvalue weighted by molar-refractivity contribution is 9.10. The van der Waals surface area contributed by atoms with E-state index in [4.69, 9.17) is 4.74 Å². The Morgan fingerprint density at radius 2 is 1.81 bits per heavy atom. The van der Waals surface area contributed by atoms with E-state index in [0.29, 0.717) is 31.4 Å². The lowest BCUT2D eigenvalue weighted by Crippen LogP contribution is -2.46. The molecule has 0 spiro atoms. The molecule has 1 heterocycles. The number of halogens is 1. The third kappa shape index (κ3) is 5.79. The third-order valence-electron chi connectivity index (χ3n) is 5.43. The highest BCUT2D eigenvalue weighted by atomic mass is 79.9. The molecular formula is C21H29BrN2O3. The van der Waals surface area contributed by atoms with Crippen molar-refractivity contribution in [3.05, 3.63) is 34.3 Å². The molecule has 2 fully saturated rings. The van der Waals surface area contributed by atoms with Crippen LogP contribution in [0.2, 0.25) is 0 Å². The van der Waals surface area contributed by atoms with Crippen molar-refractivity contribution < 1.29 is 14.3 Å². The number of hydrogen-bond acceptors (Lipinski definition) is 3. The maximum atomic E-state index is 12.7. The van der Waals surface area contributed by atoms with Crippen molar-refractivity contribution in [3.63, 3.8) is 0 Å². The molecule has 3 rings (SSSR count). The van der Waals surface area contributed by atoms with Gasteiger partial charge in [0.25, 0.3) is 5.91 Å². The molecule has 0 aromatic heterocycles. The topological polar surface area (TPSA) is 58.6 Å². The summed E-state index contributed by atoms with van der Waals surface area (Å²) >= 11 is 3.38. The molecule has 1 aliphatic carbocycles. The molecule has 148 valence electrons. The van der Waals surface area contributed by atoms with Gasteiger partial charge >= 0.3 is 0 Å². The molecule has 0 radical (unpaired) electrons. The maximum Gasteiger partial charge on any atom is 0.254 e. The fourth-order valence-electron chi connectivity index (χ4n) is 3.92. The summed E-state index contributed by atoms with van der Waals surface area (Å²) in [7, 11) is 0. The number of amides is 2. The quantitative estimate of drug-likeness (QED) is 0.659. The standard InChI is InChI=1S/C21H29BrN2O3/c22-17-11-9-16(10-12-17)21(26)24-14-4-8-19(24)20(25)23-13-5-15-27-18-6-2-1-3-7-18/h9-12,18-19H,1-8,13-15H2,(H,23,25). The first-order chi connectivity index (χ1) is 13.1. The lowest BCUT2D eigenvalue weighted by Gasteiger charge is -2.24. The van der Waals surface area contributed by atoms with Crippen LogP contribution in [0.15, 0.2) is 28.7 Å². The van der Waals surface area contributed by atoms with Gasteiger partial charge in [0.05, 0.1) is 6.10 Å². The predicted octanol–water partition coefficient (Wildman–Crippen LogP) is 3.91. The zero-order valence-electron chi connectivity index (χ0n) is 15.8. The molecule has 1 aliphatic heterocycles. The summed E-state index contributed by atoms with van der Waals surface area (Å²) in [6.45, 7) is 1.93. The van der Waals surface area contributed by atoms with Gasteiger partial charge < -0.3 is 15.0 Å². The van der Waals surface area contributed by atoms with Gasteiger partial charge in [0.2, 0.25) is 5.91 Å². The van der Waals surface area contributed by atoms with Crippen LogP contribution < -0.4 is 5.32 Å². The molecule has 2 amide bonds. The smallest absolute Gasteiger partial charge is 0.254 e. The average Bonchev–Trinajstić information content (AvgIpc) is 3.18. The van der Waals surface area contributed by atoms with Crippen molar-refractivity contribution in [2.75, 3.05) is 19.7 Å². The summed E-state index contributed by atoms with van der Waals surface area (Å²) < 4.78 is 6.83. The van der Waals surface area contributed by atoms with Gasteiger partial charge in [-0.1, -0.05) is 35.2 Å². The Kier molecular flexibility index (Phi) is 7.70. The lowest BCUT2D eigenvalue weighted by molar-refractivity contribution is -0.124. The fourth-order valence-corrected chi connectivity index (χ4v) is 4.19. The molecule has 1 saturated heterocycles. The molecule has 1 saturated carbocycles. The molecule has 5 nitrogen and oxygen atoms in total. The third-order valence-corrected chi connectivity index (χ3v) is 5.96. The van der Waals surface area contributed by atoms with Crippen LogP contribution in [0.5, 0.6) is 0 Å². The number of nitrogens with one attached hydrogen (secondary N) is 1. The molecule has 27 heavy (non-hydrogen) atoms. The van der Waals surface area contributed by atoms with Crippen molar-refractivity contribution in [1.82, 2.24) is 10.2 Å². The molecule has 2 aliphatic rings. The van der Waals surface area contributed by atoms with Crippen molar-refractivity contribution in [1.29, 1.82) is 0 Å². The second kappa shape index (κ2) is 10.2. The number of hydrogen-bond donors (Lipinski definition) is 1. The number of carbonyl (C=O) groups excluding carboxylic acids is 2. The molecule has 1 unspecified atom stereocenters. The molecule has 6 heteroatoms. The van der Waals surface area contributed by atoms with Crippen molar-refractivity contribution >= 4 is 27.7 Å². The minimum atomic E-state index is -0.361. The average molecular weight is 437 g/mol. The number of carbonyl (C=O) groups is 2. The van der Waals surface area contributed by atoms with E-state index in [1.807, 2.05) is 12.1 Å². The van der Waals surface area contributed by atoms with Crippen LogP contribution >= 0.6 is 15.9 Å². The fraction of sp³-hybridized carbons (Fsp3) is 0.619. The molecule has 1 N–H and O–H groups in total. The Hall–Kier alpha value is -1.40. The van der Waals surface area contributed by atoms with Gasteiger partial charge in [-0.05, 0) is 56.4 Å². The Morgan fingerprint density at radius 1 is 1.07 bits per heavy atom. The summed E-state index contributed by atoms with van der Waals surface area (Å²) in [4.78, 5) is 27.0. The second-order valence-electron chi connectivity index (χ2n) is 7.44. The minimum Gasteiger partial charge on any atom is -0.378 e. The Bertz CT molecular complexity index is 629. The Morgan fingerprint density at radius 3 is 2.56 bits per heavy atom. The van der Waals surface area contributed by atoms with E-state index in [1.54, 1.807) is 17.0 Å². The SMILES string of the molecule is O=C(NCCCOC1CCCCC1)C1CCCN1C(=O)c1ccc(Br)cc1. The highest BCUT2D eigenvalue weighted by Gasteiger charge is 2.34. The summed E-state index contributed by atoms with van der Waals surface area (Å²) in [5.41, 5.74) is 0.624. The van der Waals surface area contributed by atoms with Crippen LogP contribution in [0, 0.1) is 0 Å². The number of rotatable bonds is 7. The predicted molar refractivity (Wildman–Crippen MR) is 109 cm³/mol. The van der Waals surface area contributed by atoms with Crippen molar-refractivity contribution in [2.24, 2.45) is 0 Å². The summed E-state index contributed by atoms with van der Waals surface area (Å²) in [6.07, 6.45) is 9.02. The van der Waals surface area contributed by atoms with Gasteiger partial charge in [0.1, 0.15) is 6.04 Å². The number of nitrogens with zero attached hydrogens (tertiary/aromatic N) is 1. The van der Waals surface area contributed by atoms with E-state index in [1.165, 1.54) is 32.1 Å². The van der Waals surface area contributed by atoms with Crippen LogP contribution in [0.25, 0.3) is 0 Å². The van der Waals surface area contributed by atoms with E-state index in [-0.39, 0.29) is 17.9 Å². The first-order valence-electron chi connectivity index (χ1n) is 10.1. The zero-order chi connectivity index (χ0) is 19.1. The number of benzene rings is 1. The first-order valence-corrected chi connectivity index (χ1v) is 10.9. The van der Waals surface area contributed by atoms with Crippen molar-refractivity contribution in [2.45, 2.75) is 63.5 Å². The van der Waals surface area contributed by atoms with Gasteiger partial charge in [-0.25, -0.2) is 0 Å². The Labute approximate surface area is 170 Å². The Balaban J connectivity index is 1.41. The molecule has 0 bridgehead atoms. The van der Waals surface area contributed by atoms with Crippen LogP contribution in [0.4, 0.5) is 0 Å². The zero-order valence-corrected chi connectivity index (χ0v) is 17.4. The number of likely N-dealkylation sites (tertiary alicyclic amines) is 1. The van der Waals surface area contributed by atoms with Crippen LogP contribution in [-0.2, 0) is 9.53 Å². The van der Waals surface area contributed by atoms with Gasteiger partial charge in [-0.2, -0.15) is 0 Å².